The van der Waals surface area contributed by atoms with E-state index in [0.29, 0.717) is 24.3 Å². The summed E-state index contributed by atoms with van der Waals surface area (Å²) in [5, 5.41) is 10.3. The van der Waals surface area contributed by atoms with Gasteiger partial charge in [-0.25, -0.2) is 4.98 Å². The highest BCUT2D eigenvalue weighted by molar-refractivity contribution is 5.99. The molecular formula is C20H25N3O2. The first kappa shape index (κ1) is 17.4. The fourth-order valence-electron chi connectivity index (χ4n) is 3.22. The summed E-state index contributed by atoms with van der Waals surface area (Å²) in [5.74, 6) is 0.732. The van der Waals surface area contributed by atoms with E-state index in [-0.39, 0.29) is 5.91 Å². The molecular weight excluding hydrogens is 314 g/mol. The minimum absolute atomic E-state index is 0.0519. The van der Waals surface area contributed by atoms with Gasteiger partial charge in [-0.1, -0.05) is 30.3 Å². The lowest BCUT2D eigenvalue weighted by Gasteiger charge is -2.24. The first-order valence-electron chi connectivity index (χ1n) is 8.85. The largest absolute Gasteiger partial charge is 0.388 e. The number of hydrogen-bond acceptors (Lipinski definition) is 4. The van der Waals surface area contributed by atoms with E-state index in [1.807, 2.05) is 53.2 Å². The number of nitrogens with zero attached hydrogens (tertiary/aromatic N) is 3. The highest BCUT2D eigenvalue weighted by Crippen LogP contribution is 2.22. The van der Waals surface area contributed by atoms with E-state index in [1.54, 1.807) is 12.3 Å². The first-order chi connectivity index (χ1) is 12.2. The number of aliphatic hydroxyl groups is 1. The van der Waals surface area contributed by atoms with Crippen LogP contribution < -0.4 is 4.90 Å². The second-order valence-electron chi connectivity index (χ2n) is 6.51. The van der Waals surface area contributed by atoms with Gasteiger partial charge in [0.15, 0.2) is 0 Å². The standard InChI is InChI=1S/C20H25N3O2/c1-22(15-11-18(24)16-8-3-2-4-9-16)19-17(10-7-12-21-19)20(25)23-13-5-6-14-23/h2-4,7-10,12,18,24H,5-6,11,13-15H2,1H3. The highest BCUT2D eigenvalue weighted by atomic mass is 16.3. The van der Waals surface area contributed by atoms with Gasteiger partial charge >= 0.3 is 0 Å². The number of anilines is 1. The van der Waals surface area contributed by atoms with Crippen LogP contribution in [0.4, 0.5) is 5.82 Å². The van der Waals surface area contributed by atoms with Gasteiger partial charge in [0.1, 0.15) is 5.82 Å². The van der Waals surface area contributed by atoms with Crippen molar-refractivity contribution in [1.82, 2.24) is 9.88 Å². The Kier molecular flexibility index (Phi) is 5.66. The predicted octanol–water partition coefficient (Wildman–Crippen LogP) is 2.88. The van der Waals surface area contributed by atoms with Crippen LogP contribution in [0, 0.1) is 0 Å². The number of aromatic nitrogens is 1. The van der Waals surface area contributed by atoms with Crippen molar-refractivity contribution in [2.24, 2.45) is 0 Å². The molecule has 25 heavy (non-hydrogen) atoms. The monoisotopic (exact) mass is 339 g/mol. The van der Waals surface area contributed by atoms with Gasteiger partial charge in [0.2, 0.25) is 0 Å². The maximum Gasteiger partial charge on any atom is 0.257 e. The molecule has 1 unspecified atom stereocenters. The summed E-state index contributed by atoms with van der Waals surface area (Å²) in [7, 11) is 1.92. The number of hydrogen-bond donors (Lipinski definition) is 1. The molecule has 1 aliphatic rings. The maximum absolute atomic E-state index is 12.7. The number of rotatable bonds is 6. The highest BCUT2D eigenvalue weighted by Gasteiger charge is 2.23. The lowest BCUT2D eigenvalue weighted by Crippen LogP contribution is -2.31. The molecule has 132 valence electrons. The molecule has 1 aromatic heterocycles. The van der Waals surface area contributed by atoms with Crippen LogP contribution in [-0.4, -0.2) is 47.6 Å². The predicted molar refractivity (Wildman–Crippen MR) is 98.7 cm³/mol. The number of aliphatic hydroxyl groups excluding tert-OH is 1. The molecule has 1 aromatic carbocycles. The van der Waals surface area contributed by atoms with Crippen molar-refractivity contribution in [2.75, 3.05) is 31.6 Å². The quantitative estimate of drug-likeness (QED) is 0.879. The van der Waals surface area contributed by atoms with Gasteiger partial charge in [-0.2, -0.15) is 0 Å². The summed E-state index contributed by atoms with van der Waals surface area (Å²) < 4.78 is 0. The van der Waals surface area contributed by atoms with Gasteiger partial charge in [0.05, 0.1) is 11.7 Å². The third-order valence-corrected chi connectivity index (χ3v) is 4.69. The van der Waals surface area contributed by atoms with Gasteiger partial charge in [0, 0.05) is 32.9 Å². The summed E-state index contributed by atoms with van der Waals surface area (Å²) in [6.45, 7) is 2.26. The van der Waals surface area contributed by atoms with Crippen molar-refractivity contribution in [2.45, 2.75) is 25.4 Å². The van der Waals surface area contributed by atoms with Gasteiger partial charge in [-0.15, -0.1) is 0 Å². The Morgan fingerprint density at radius 3 is 2.64 bits per heavy atom. The Hall–Kier alpha value is -2.40. The van der Waals surface area contributed by atoms with Gasteiger partial charge in [-0.05, 0) is 37.0 Å². The summed E-state index contributed by atoms with van der Waals surface area (Å²) in [6.07, 6.45) is 3.90. The molecule has 2 heterocycles. The van der Waals surface area contributed by atoms with E-state index in [4.69, 9.17) is 0 Å². The minimum atomic E-state index is -0.523. The molecule has 1 amide bonds. The summed E-state index contributed by atoms with van der Waals surface area (Å²) in [5.41, 5.74) is 1.55. The minimum Gasteiger partial charge on any atom is -0.388 e. The fourth-order valence-corrected chi connectivity index (χ4v) is 3.22. The van der Waals surface area contributed by atoms with Crippen LogP contribution in [0.15, 0.2) is 48.7 Å². The van der Waals surface area contributed by atoms with E-state index in [9.17, 15) is 9.90 Å². The number of likely N-dealkylation sites (tertiary alicyclic amines) is 1. The second-order valence-corrected chi connectivity index (χ2v) is 6.51. The fraction of sp³-hybridized carbons (Fsp3) is 0.400. The zero-order chi connectivity index (χ0) is 17.6. The van der Waals surface area contributed by atoms with Crippen LogP contribution >= 0.6 is 0 Å². The third-order valence-electron chi connectivity index (χ3n) is 4.69. The van der Waals surface area contributed by atoms with E-state index >= 15 is 0 Å². The van der Waals surface area contributed by atoms with Crippen molar-refractivity contribution in [1.29, 1.82) is 0 Å². The van der Waals surface area contributed by atoms with Gasteiger partial charge < -0.3 is 14.9 Å². The van der Waals surface area contributed by atoms with Crippen LogP contribution in [0.5, 0.6) is 0 Å². The SMILES string of the molecule is CN(CCC(O)c1ccccc1)c1ncccc1C(=O)N1CCCC1. The Morgan fingerprint density at radius 2 is 1.92 bits per heavy atom. The molecule has 0 radical (unpaired) electrons. The molecule has 0 saturated carbocycles. The van der Waals surface area contributed by atoms with Gasteiger partial charge in [-0.3, -0.25) is 4.79 Å². The lowest BCUT2D eigenvalue weighted by molar-refractivity contribution is 0.0793. The van der Waals surface area contributed by atoms with Crippen LogP contribution in [0.1, 0.15) is 41.3 Å². The Morgan fingerprint density at radius 1 is 1.20 bits per heavy atom. The topological polar surface area (TPSA) is 56.7 Å². The number of carbonyl (C=O) groups excluding carboxylic acids is 1. The summed E-state index contributed by atoms with van der Waals surface area (Å²) in [6, 6.07) is 13.3. The van der Waals surface area contributed by atoms with Crippen molar-refractivity contribution in [3.8, 4) is 0 Å². The van der Waals surface area contributed by atoms with Crippen LogP contribution in [0.3, 0.4) is 0 Å². The molecule has 1 fully saturated rings. The molecule has 0 spiro atoms. The summed E-state index contributed by atoms with van der Waals surface area (Å²) in [4.78, 5) is 21.0. The smallest absolute Gasteiger partial charge is 0.257 e. The molecule has 0 aliphatic carbocycles. The Labute approximate surface area is 148 Å². The lowest BCUT2D eigenvalue weighted by atomic mass is 10.1. The zero-order valence-corrected chi connectivity index (χ0v) is 14.6. The molecule has 1 aliphatic heterocycles. The molecule has 0 bridgehead atoms. The second kappa shape index (κ2) is 8.12. The summed E-state index contributed by atoms with van der Waals surface area (Å²) >= 11 is 0. The first-order valence-corrected chi connectivity index (χ1v) is 8.85. The normalized spacial score (nSPS) is 15.2. The number of amides is 1. The zero-order valence-electron chi connectivity index (χ0n) is 14.6. The van der Waals surface area contributed by atoms with Gasteiger partial charge in [0.25, 0.3) is 5.91 Å². The van der Waals surface area contributed by atoms with E-state index in [1.165, 1.54) is 0 Å². The van der Waals surface area contributed by atoms with Crippen molar-refractivity contribution in [3.05, 3.63) is 59.8 Å². The van der Waals surface area contributed by atoms with Crippen molar-refractivity contribution >= 4 is 11.7 Å². The molecule has 1 saturated heterocycles. The van der Waals surface area contributed by atoms with Crippen LogP contribution in [0.2, 0.25) is 0 Å². The average Bonchev–Trinajstić information content (AvgIpc) is 3.20. The Balaban J connectivity index is 1.67. The maximum atomic E-state index is 12.7. The number of benzene rings is 1. The van der Waals surface area contributed by atoms with Crippen LogP contribution in [0.25, 0.3) is 0 Å². The molecule has 1 N–H and O–H groups in total. The van der Waals surface area contributed by atoms with Crippen molar-refractivity contribution in [3.63, 3.8) is 0 Å². The van der Waals surface area contributed by atoms with E-state index in [2.05, 4.69) is 4.98 Å². The molecule has 5 heteroatoms. The van der Waals surface area contributed by atoms with Crippen molar-refractivity contribution < 1.29 is 9.90 Å². The average molecular weight is 339 g/mol. The van der Waals surface area contributed by atoms with Crippen LogP contribution in [-0.2, 0) is 0 Å². The van der Waals surface area contributed by atoms with E-state index in [0.717, 1.165) is 31.5 Å². The molecule has 5 nitrogen and oxygen atoms in total. The Bertz CT molecular complexity index is 699. The molecule has 2 aromatic rings. The third kappa shape index (κ3) is 4.17. The number of carbonyl (C=O) groups is 1. The molecule has 1 atom stereocenters. The molecule has 3 rings (SSSR count). The number of pyridine rings is 1. The van der Waals surface area contributed by atoms with E-state index < -0.39 is 6.10 Å².